The summed E-state index contributed by atoms with van der Waals surface area (Å²) in [5.41, 5.74) is 0.238. The molecule has 1 fully saturated rings. The summed E-state index contributed by atoms with van der Waals surface area (Å²) >= 11 is 1.13. The number of methoxy groups -OCH3 is 1. The number of thiazole rings is 1. The summed E-state index contributed by atoms with van der Waals surface area (Å²) in [4.78, 5) is 31.1. The number of anilines is 1. The molecule has 0 N–H and O–H groups in total. The van der Waals surface area contributed by atoms with E-state index in [1.807, 2.05) is 4.90 Å². The molecule has 0 amide bonds. The minimum absolute atomic E-state index is 0. The Morgan fingerprint density at radius 3 is 2.94 bits per heavy atom. The van der Waals surface area contributed by atoms with Crippen LogP contribution in [0.2, 0.25) is 0 Å². The van der Waals surface area contributed by atoms with Crippen LogP contribution in [-0.2, 0) is 9.47 Å². The SMILES string of the molecule is CN=c1c2c(N3CCOC(COC)C3)c(F)cc3c(=O)c(C(=O)[O-])c4scc1n4c32.[Na+]. The summed E-state index contributed by atoms with van der Waals surface area (Å²) in [5.74, 6) is -2.18. The summed E-state index contributed by atoms with van der Waals surface area (Å²) < 4.78 is 28.0. The van der Waals surface area contributed by atoms with Crippen molar-refractivity contribution in [3.05, 3.63) is 38.4 Å². The van der Waals surface area contributed by atoms with Crippen LogP contribution in [0.4, 0.5) is 10.1 Å². The number of rotatable bonds is 4. The molecule has 1 aromatic carbocycles. The van der Waals surface area contributed by atoms with E-state index < -0.39 is 22.8 Å². The third-order valence-corrected chi connectivity index (χ3v) is 6.53. The molecule has 0 aliphatic carbocycles. The van der Waals surface area contributed by atoms with Gasteiger partial charge in [-0.15, -0.1) is 11.3 Å². The second-order valence-electron chi connectivity index (χ2n) is 7.20. The maximum atomic E-state index is 15.5. The Hall–Kier alpha value is -1.82. The number of benzene rings is 1. The molecule has 0 radical (unpaired) electrons. The first-order valence-corrected chi connectivity index (χ1v) is 10.2. The second-order valence-corrected chi connectivity index (χ2v) is 8.06. The molecule has 11 heteroatoms. The van der Waals surface area contributed by atoms with E-state index in [1.165, 1.54) is 0 Å². The maximum absolute atomic E-state index is 15.5. The van der Waals surface area contributed by atoms with Gasteiger partial charge >= 0.3 is 29.6 Å². The van der Waals surface area contributed by atoms with Gasteiger partial charge in [0.25, 0.3) is 0 Å². The van der Waals surface area contributed by atoms with Gasteiger partial charge in [0.1, 0.15) is 10.6 Å². The quantitative estimate of drug-likeness (QED) is 0.316. The number of carbonyl (C=O) groups is 1. The Kier molecular flexibility index (Phi) is 5.97. The van der Waals surface area contributed by atoms with Gasteiger partial charge < -0.3 is 24.3 Å². The van der Waals surface area contributed by atoms with E-state index in [1.54, 1.807) is 23.9 Å². The van der Waals surface area contributed by atoms with E-state index >= 15 is 4.39 Å². The Labute approximate surface area is 201 Å². The topological polar surface area (TPSA) is 95.7 Å². The minimum atomic E-state index is -1.58. The van der Waals surface area contributed by atoms with Crippen LogP contribution < -0.4 is 50.3 Å². The van der Waals surface area contributed by atoms with Crippen LogP contribution in [0.25, 0.3) is 26.6 Å². The van der Waals surface area contributed by atoms with Crippen LogP contribution in [0, 0.1) is 5.82 Å². The number of carboxylic acid groups (broad SMARTS) is 1. The van der Waals surface area contributed by atoms with Gasteiger partial charge in [-0.05, 0) is 6.07 Å². The molecule has 1 saturated heterocycles. The zero-order valence-electron chi connectivity index (χ0n) is 17.2. The third kappa shape index (κ3) is 3.16. The summed E-state index contributed by atoms with van der Waals surface area (Å²) in [6.07, 6.45) is -0.217. The first-order chi connectivity index (χ1) is 14.5. The number of hydrogen-bond donors (Lipinski definition) is 0. The number of halogens is 1. The summed E-state index contributed by atoms with van der Waals surface area (Å²) in [7, 11) is 3.17. The van der Waals surface area contributed by atoms with E-state index in [-0.39, 0.29) is 45.9 Å². The molecule has 1 aliphatic heterocycles. The molecule has 3 aromatic heterocycles. The Bertz CT molecular complexity index is 1420. The van der Waals surface area contributed by atoms with Crippen LogP contribution in [0.5, 0.6) is 0 Å². The number of ether oxygens (including phenoxy) is 2. The molecule has 0 bridgehead atoms. The van der Waals surface area contributed by atoms with E-state index in [4.69, 9.17) is 9.47 Å². The number of aromatic nitrogens is 1. The Morgan fingerprint density at radius 2 is 2.26 bits per heavy atom. The summed E-state index contributed by atoms with van der Waals surface area (Å²) in [6, 6.07) is 1.12. The van der Waals surface area contributed by atoms with Crippen molar-refractivity contribution in [3.8, 4) is 0 Å². The van der Waals surface area contributed by atoms with Crippen LogP contribution >= 0.6 is 11.3 Å². The fourth-order valence-electron chi connectivity index (χ4n) is 4.42. The fraction of sp³-hybridized carbons (Fsp3) is 0.350. The first-order valence-electron chi connectivity index (χ1n) is 9.34. The molecule has 8 nitrogen and oxygen atoms in total. The molecule has 1 unspecified atom stereocenters. The second kappa shape index (κ2) is 8.27. The molecule has 4 heterocycles. The van der Waals surface area contributed by atoms with Crippen molar-refractivity contribution in [1.82, 2.24) is 4.40 Å². The molecule has 4 aromatic rings. The minimum Gasteiger partial charge on any atom is -0.545 e. The number of carboxylic acids is 1. The maximum Gasteiger partial charge on any atom is 1.00 e. The number of carbonyl (C=O) groups excluding carboxylic acids is 1. The molecular weight excluding hydrogens is 436 g/mol. The number of nitrogens with zero attached hydrogens (tertiary/aromatic N) is 3. The van der Waals surface area contributed by atoms with Crippen LogP contribution in [-0.4, -0.2) is 56.9 Å². The zero-order valence-corrected chi connectivity index (χ0v) is 20.0. The van der Waals surface area contributed by atoms with Crippen molar-refractivity contribution in [2.24, 2.45) is 4.99 Å². The number of hydrogen-bond acceptors (Lipinski definition) is 8. The van der Waals surface area contributed by atoms with Crippen molar-refractivity contribution >= 4 is 49.6 Å². The average Bonchev–Trinajstić information content (AvgIpc) is 3.26. The monoisotopic (exact) mass is 453 g/mol. The fourth-order valence-corrected chi connectivity index (χ4v) is 5.45. The molecule has 31 heavy (non-hydrogen) atoms. The summed E-state index contributed by atoms with van der Waals surface area (Å²) in [5, 5.41) is 14.4. The predicted octanol–water partition coefficient (Wildman–Crippen LogP) is -2.57. The van der Waals surface area contributed by atoms with Crippen molar-refractivity contribution in [3.63, 3.8) is 0 Å². The van der Waals surface area contributed by atoms with Gasteiger partial charge in [-0.2, -0.15) is 0 Å². The van der Waals surface area contributed by atoms with E-state index in [9.17, 15) is 14.7 Å². The largest absolute Gasteiger partial charge is 1.00 e. The number of aromatic carboxylic acids is 1. The molecule has 0 saturated carbocycles. The van der Waals surface area contributed by atoms with Gasteiger partial charge in [0, 0.05) is 32.6 Å². The smallest absolute Gasteiger partial charge is 0.545 e. The summed E-state index contributed by atoms with van der Waals surface area (Å²) in [6.45, 7) is 1.67. The van der Waals surface area contributed by atoms with Gasteiger partial charge in [0.05, 0.1) is 63.7 Å². The molecule has 156 valence electrons. The van der Waals surface area contributed by atoms with Crippen LogP contribution in [0.15, 0.2) is 21.2 Å². The number of pyridine rings is 1. The van der Waals surface area contributed by atoms with Gasteiger partial charge in [-0.3, -0.25) is 14.2 Å². The molecule has 0 spiro atoms. The zero-order chi connectivity index (χ0) is 21.2. The third-order valence-electron chi connectivity index (χ3n) is 5.58. The van der Waals surface area contributed by atoms with Gasteiger partial charge in [-0.1, -0.05) is 0 Å². The van der Waals surface area contributed by atoms with Crippen molar-refractivity contribution in [2.75, 3.05) is 45.4 Å². The molecular formula is C20H17FN3NaO5S. The van der Waals surface area contributed by atoms with Crippen LogP contribution in [0.3, 0.4) is 0 Å². The van der Waals surface area contributed by atoms with E-state index in [0.717, 1.165) is 17.4 Å². The van der Waals surface area contributed by atoms with Gasteiger partial charge in [0.2, 0.25) is 0 Å². The standard InChI is InChI=1S/C20H18FN3O5S.Na/c1-22-15-12-8-30-19-14(20(26)27)18(25)10-5-11(21)17(13(15)16(10)24(12)19)23-3-4-29-9(6-23)7-28-2;/h5,8-9H,3-4,6-7H2,1-2H3,(H,26,27);/q;+1/p-1. The van der Waals surface area contributed by atoms with Crippen LogP contribution in [0.1, 0.15) is 10.4 Å². The number of morpholine rings is 1. The molecule has 1 atom stereocenters. The normalized spacial score (nSPS) is 17.8. The Balaban J connectivity index is 0.00000231. The van der Waals surface area contributed by atoms with Gasteiger partial charge in [0.15, 0.2) is 5.43 Å². The van der Waals surface area contributed by atoms with Crippen molar-refractivity contribution in [1.29, 1.82) is 0 Å². The molecule has 1 aliphatic rings. The first kappa shape index (κ1) is 22.4. The Morgan fingerprint density at radius 1 is 1.48 bits per heavy atom. The van der Waals surface area contributed by atoms with Gasteiger partial charge in [-0.25, -0.2) is 4.39 Å². The van der Waals surface area contributed by atoms with Crippen molar-refractivity contribution in [2.45, 2.75) is 6.10 Å². The van der Waals surface area contributed by atoms with E-state index in [2.05, 4.69) is 4.99 Å². The average molecular weight is 453 g/mol. The van der Waals surface area contributed by atoms with Crippen molar-refractivity contribution < 1.29 is 53.3 Å². The van der Waals surface area contributed by atoms with E-state index in [0.29, 0.717) is 53.8 Å². The predicted molar refractivity (Wildman–Crippen MR) is 109 cm³/mol. The molecule has 5 rings (SSSR count).